The lowest BCUT2D eigenvalue weighted by Crippen LogP contribution is -1.96. The van der Waals surface area contributed by atoms with Gasteiger partial charge in [0.05, 0.1) is 0 Å². The summed E-state index contributed by atoms with van der Waals surface area (Å²) in [5, 5.41) is 2.99. The van der Waals surface area contributed by atoms with E-state index in [1.807, 2.05) is 146 Å². The molecule has 6 heteroatoms. The maximum Gasteiger partial charge on any atom is 0.159 e. The van der Waals surface area contributed by atoms with Gasteiger partial charge in [0.2, 0.25) is 0 Å². The average molecular weight is 793 g/mol. The van der Waals surface area contributed by atoms with E-state index in [4.69, 9.17) is 0 Å². The molecule has 0 saturated carbocycles. The highest BCUT2D eigenvalue weighted by Crippen LogP contribution is 2.48. The molecular weight excluding hydrogens is 763 g/mol. The minimum Gasteiger partial charge on any atom is -0.204 e. The van der Waals surface area contributed by atoms with Gasteiger partial charge in [-0.15, -0.1) is 0 Å². The van der Waals surface area contributed by atoms with Crippen molar-refractivity contribution in [3.63, 3.8) is 0 Å². The van der Waals surface area contributed by atoms with Crippen LogP contribution in [-0.2, 0) is 0 Å². The summed E-state index contributed by atoms with van der Waals surface area (Å²) in [6.07, 6.45) is 0. The van der Waals surface area contributed by atoms with Crippen LogP contribution in [0.15, 0.2) is 182 Å². The van der Waals surface area contributed by atoms with E-state index in [1.165, 1.54) is 36.4 Å². The second kappa shape index (κ2) is 14.7. The normalized spacial score (nSPS) is 11.5. The van der Waals surface area contributed by atoms with Crippen LogP contribution in [0.2, 0.25) is 0 Å². The Labute approximate surface area is 341 Å². The lowest BCUT2D eigenvalue weighted by Gasteiger charge is -2.21. The van der Waals surface area contributed by atoms with Crippen LogP contribution in [0.25, 0.3) is 99.1 Å². The van der Waals surface area contributed by atoms with E-state index >= 15 is 0 Å². The molecule has 0 fully saturated rings. The van der Waals surface area contributed by atoms with Crippen LogP contribution in [0.1, 0.15) is 0 Å². The molecule has 0 aliphatic rings. The molecule has 0 spiro atoms. The Balaban J connectivity index is 1.28. The second-order valence-electron chi connectivity index (χ2n) is 14.9. The van der Waals surface area contributed by atoms with Gasteiger partial charge in [0.15, 0.2) is 34.9 Å². The van der Waals surface area contributed by atoms with Crippen molar-refractivity contribution in [2.24, 2.45) is 0 Å². The fourth-order valence-electron chi connectivity index (χ4n) is 8.39. The molecule has 0 heterocycles. The van der Waals surface area contributed by atoms with Gasteiger partial charge >= 0.3 is 0 Å². The zero-order valence-corrected chi connectivity index (χ0v) is 31.6. The molecule has 0 saturated heterocycles. The third-order valence-corrected chi connectivity index (χ3v) is 11.2. The topological polar surface area (TPSA) is 0 Å². The first kappa shape index (κ1) is 36.9. The Kier molecular flexibility index (Phi) is 9.06. The van der Waals surface area contributed by atoms with E-state index in [0.29, 0.717) is 43.4 Å². The standard InChI is InChI=1S/C54H30F6/c55-49-25-33-19-43(31-11-3-1-4-12-31)45(21-35(33)27-51(49)57)39-15-7-9-17-41(39)47-23-37-29-53(59)54(60)30-38(37)24-48(47)42-18-10-8-16-40(42)46-22-36-28-52(58)50(56)26-34(36)20-44(46)32-13-5-2-6-14-32/h1-30H. The van der Waals surface area contributed by atoms with Crippen molar-refractivity contribution < 1.29 is 26.3 Å². The van der Waals surface area contributed by atoms with Crippen LogP contribution in [0.5, 0.6) is 0 Å². The molecule has 10 rings (SSSR count). The van der Waals surface area contributed by atoms with Crippen molar-refractivity contribution in [3.8, 4) is 66.8 Å². The van der Waals surface area contributed by atoms with Gasteiger partial charge < -0.3 is 0 Å². The van der Waals surface area contributed by atoms with Crippen LogP contribution in [-0.4, -0.2) is 0 Å². The van der Waals surface area contributed by atoms with Crippen LogP contribution >= 0.6 is 0 Å². The summed E-state index contributed by atoms with van der Waals surface area (Å²) >= 11 is 0. The highest BCUT2D eigenvalue weighted by atomic mass is 19.2. The van der Waals surface area contributed by atoms with Crippen LogP contribution < -0.4 is 0 Å². The quantitative estimate of drug-likeness (QED) is 0.147. The van der Waals surface area contributed by atoms with Gasteiger partial charge in [-0.25, -0.2) is 26.3 Å². The number of hydrogen-bond acceptors (Lipinski definition) is 0. The number of hydrogen-bond donors (Lipinski definition) is 0. The van der Waals surface area contributed by atoms with E-state index < -0.39 is 34.9 Å². The smallest absolute Gasteiger partial charge is 0.159 e. The van der Waals surface area contributed by atoms with Crippen molar-refractivity contribution in [2.45, 2.75) is 0 Å². The fraction of sp³-hybridized carbons (Fsp3) is 0. The van der Waals surface area contributed by atoms with Crippen LogP contribution in [0.4, 0.5) is 26.3 Å². The molecule has 0 amide bonds. The minimum absolute atomic E-state index is 0.465. The molecule has 0 N–H and O–H groups in total. The van der Waals surface area contributed by atoms with Gasteiger partial charge in [-0.3, -0.25) is 0 Å². The van der Waals surface area contributed by atoms with Crippen LogP contribution in [0.3, 0.4) is 0 Å². The highest BCUT2D eigenvalue weighted by molar-refractivity contribution is 6.07. The summed E-state index contributed by atoms with van der Waals surface area (Å²) in [4.78, 5) is 0. The maximum absolute atomic E-state index is 15.0. The third-order valence-electron chi connectivity index (χ3n) is 11.2. The predicted octanol–water partition coefficient (Wildman–Crippen LogP) is 16.0. The molecular formula is C54H30F6. The summed E-state index contributed by atoms with van der Waals surface area (Å²) in [6.45, 7) is 0. The van der Waals surface area contributed by atoms with Crippen molar-refractivity contribution in [3.05, 3.63) is 217 Å². The molecule has 0 atom stereocenters. The van der Waals surface area contributed by atoms with E-state index in [0.717, 1.165) is 55.6 Å². The van der Waals surface area contributed by atoms with Crippen molar-refractivity contribution in [1.29, 1.82) is 0 Å². The first-order valence-electron chi connectivity index (χ1n) is 19.3. The number of benzene rings is 10. The molecule has 288 valence electrons. The van der Waals surface area contributed by atoms with E-state index in [9.17, 15) is 26.3 Å². The fourth-order valence-corrected chi connectivity index (χ4v) is 8.39. The molecule has 0 aliphatic heterocycles. The maximum atomic E-state index is 15.0. The molecule has 0 aliphatic carbocycles. The Morgan fingerprint density at radius 1 is 0.183 bits per heavy atom. The van der Waals surface area contributed by atoms with E-state index in [-0.39, 0.29) is 0 Å². The molecule has 10 aromatic rings. The first-order chi connectivity index (χ1) is 29.2. The lowest BCUT2D eigenvalue weighted by atomic mass is 9.82. The van der Waals surface area contributed by atoms with Gasteiger partial charge in [-0.1, -0.05) is 109 Å². The van der Waals surface area contributed by atoms with E-state index in [1.54, 1.807) is 0 Å². The molecule has 0 unspecified atom stereocenters. The second-order valence-corrected chi connectivity index (χ2v) is 14.9. The van der Waals surface area contributed by atoms with Gasteiger partial charge in [0, 0.05) is 0 Å². The van der Waals surface area contributed by atoms with Gasteiger partial charge in [-0.2, -0.15) is 0 Å². The number of rotatable bonds is 6. The van der Waals surface area contributed by atoms with Gasteiger partial charge in [-0.05, 0) is 172 Å². The van der Waals surface area contributed by atoms with E-state index in [2.05, 4.69) is 0 Å². The van der Waals surface area contributed by atoms with Crippen molar-refractivity contribution in [1.82, 2.24) is 0 Å². The number of halogens is 6. The Bertz CT molecular complexity index is 3100. The summed E-state index contributed by atoms with van der Waals surface area (Å²) in [5.74, 6) is -5.80. The Morgan fingerprint density at radius 2 is 0.383 bits per heavy atom. The molecule has 0 aromatic heterocycles. The molecule has 10 aromatic carbocycles. The highest BCUT2D eigenvalue weighted by Gasteiger charge is 2.22. The molecule has 0 bridgehead atoms. The van der Waals surface area contributed by atoms with Gasteiger partial charge in [0.1, 0.15) is 0 Å². The summed E-state index contributed by atoms with van der Waals surface area (Å²) in [7, 11) is 0. The SMILES string of the molecule is Fc1cc2cc(-c3ccccc3)c(-c3ccccc3-c3cc4cc(F)c(F)cc4cc3-c3ccccc3-c3cc4cc(F)c(F)cc4cc3-c3ccccc3)cc2cc1F. The van der Waals surface area contributed by atoms with Crippen molar-refractivity contribution >= 4 is 32.3 Å². The predicted molar refractivity (Wildman–Crippen MR) is 231 cm³/mol. The number of fused-ring (bicyclic) bond motifs is 3. The van der Waals surface area contributed by atoms with Gasteiger partial charge in [0.25, 0.3) is 0 Å². The Hall–Kier alpha value is -7.44. The van der Waals surface area contributed by atoms with Crippen LogP contribution in [0, 0.1) is 34.9 Å². The summed E-state index contributed by atoms with van der Waals surface area (Å²) in [6, 6.07) is 52.9. The zero-order valence-electron chi connectivity index (χ0n) is 31.6. The summed E-state index contributed by atoms with van der Waals surface area (Å²) < 4.78 is 88.7. The first-order valence-corrected chi connectivity index (χ1v) is 19.3. The molecule has 0 nitrogen and oxygen atoms in total. The minimum atomic E-state index is -0.989. The lowest BCUT2D eigenvalue weighted by molar-refractivity contribution is 0.511. The zero-order chi connectivity index (χ0) is 41.1. The molecule has 60 heavy (non-hydrogen) atoms. The van der Waals surface area contributed by atoms with Crippen molar-refractivity contribution in [2.75, 3.05) is 0 Å². The third kappa shape index (κ3) is 6.47. The molecule has 0 radical (unpaired) electrons. The largest absolute Gasteiger partial charge is 0.204 e. The average Bonchev–Trinajstić information content (AvgIpc) is 3.27. The summed E-state index contributed by atoms with van der Waals surface area (Å²) in [5.41, 5.74) is 9.16. The Morgan fingerprint density at radius 3 is 0.633 bits per heavy atom. The monoisotopic (exact) mass is 792 g/mol.